The van der Waals surface area contributed by atoms with E-state index in [2.05, 4.69) is 38.2 Å². The largest absolute Gasteiger partial charge is 0.385 e. The molecule has 0 saturated heterocycles. The third-order valence-electron chi connectivity index (χ3n) is 2.28. The number of methoxy groups -OCH3 is 1. The average molecular weight is 213 g/mol. The number of nitrogens with one attached hydrogen (secondary N) is 1. The standard InChI is InChI=1S/C13H27NO/c1-12(2)11-14-9-6-5-7-13(3)8-10-15-4/h5,7,12-14H,6,8-11H2,1-4H3/b7-5+. The predicted octanol–water partition coefficient (Wildman–Crippen LogP) is 2.85. The summed E-state index contributed by atoms with van der Waals surface area (Å²) < 4.78 is 5.04. The summed E-state index contributed by atoms with van der Waals surface area (Å²) in [4.78, 5) is 0. The van der Waals surface area contributed by atoms with Crippen molar-refractivity contribution < 1.29 is 4.74 Å². The third-order valence-corrected chi connectivity index (χ3v) is 2.28. The molecule has 0 aromatic carbocycles. The lowest BCUT2D eigenvalue weighted by Gasteiger charge is -2.06. The molecular formula is C13H27NO. The van der Waals surface area contributed by atoms with Crippen LogP contribution in [0.3, 0.4) is 0 Å². The van der Waals surface area contributed by atoms with Crippen LogP contribution in [-0.4, -0.2) is 26.8 Å². The fourth-order valence-corrected chi connectivity index (χ4v) is 1.30. The molecule has 0 saturated carbocycles. The molecule has 0 aliphatic heterocycles. The highest BCUT2D eigenvalue weighted by Crippen LogP contribution is 2.03. The molecule has 15 heavy (non-hydrogen) atoms. The third kappa shape index (κ3) is 11.6. The first-order valence-electron chi connectivity index (χ1n) is 6.03. The highest BCUT2D eigenvalue weighted by molar-refractivity contribution is 4.86. The molecule has 1 atom stereocenters. The number of hydrogen-bond donors (Lipinski definition) is 1. The molecule has 0 aliphatic rings. The molecule has 0 spiro atoms. The van der Waals surface area contributed by atoms with Gasteiger partial charge in [0.2, 0.25) is 0 Å². The minimum absolute atomic E-state index is 0.634. The zero-order valence-corrected chi connectivity index (χ0v) is 10.8. The maximum absolute atomic E-state index is 5.04. The second-order valence-corrected chi connectivity index (χ2v) is 4.57. The van der Waals surface area contributed by atoms with E-state index in [0.717, 1.165) is 38.5 Å². The predicted molar refractivity (Wildman–Crippen MR) is 67.1 cm³/mol. The van der Waals surface area contributed by atoms with Crippen LogP contribution < -0.4 is 5.32 Å². The van der Waals surface area contributed by atoms with E-state index >= 15 is 0 Å². The van der Waals surface area contributed by atoms with Gasteiger partial charge in [-0.1, -0.05) is 32.9 Å². The van der Waals surface area contributed by atoms with Crippen LogP contribution in [0.25, 0.3) is 0 Å². The van der Waals surface area contributed by atoms with Crippen molar-refractivity contribution in [3.05, 3.63) is 12.2 Å². The quantitative estimate of drug-likeness (QED) is 0.470. The summed E-state index contributed by atoms with van der Waals surface area (Å²) in [7, 11) is 1.76. The van der Waals surface area contributed by atoms with Crippen molar-refractivity contribution in [2.24, 2.45) is 11.8 Å². The van der Waals surface area contributed by atoms with E-state index < -0.39 is 0 Å². The van der Waals surface area contributed by atoms with Crippen molar-refractivity contribution in [3.8, 4) is 0 Å². The van der Waals surface area contributed by atoms with Crippen LogP contribution in [0.2, 0.25) is 0 Å². The summed E-state index contributed by atoms with van der Waals surface area (Å²) in [6.07, 6.45) is 6.81. The topological polar surface area (TPSA) is 21.3 Å². The van der Waals surface area contributed by atoms with E-state index in [1.165, 1.54) is 0 Å². The van der Waals surface area contributed by atoms with Gasteiger partial charge in [0.25, 0.3) is 0 Å². The molecule has 2 nitrogen and oxygen atoms in total. The summed E-state index contributed by atoms with van der Waals surface area (Å²) in [5.41, 5.74) is 0. The Labute approximate surface area is 95.1 Å². The van der Waals surface area contributed by atoms with Gasteiger partial charge in [-0.05, 0) is 37.8 Å². The molecule has 2 heteroatoms. The Balaban J connectivity index is 3.29. The van der Waals surface area contributed by atoms with Crippen molar-refractivity contribution in [1.29, 1.82) is 0 Å². The highest BCUT2D eigenvalue weighted by Gasteiger charge is 1.95. The molecule has 0 radical (unpaired) electrons. The van der Waals surface area contributed by atoms with Crippen LogP contribution in [0.5, 0.6) is 0 Å². The lowest BCUT2D eigenvalue weighted by Crippen LogP contribution is -2.20. The Morgan fingerprint density at radius 1 is 1.27 bits per heavy atom. The van der Waals surface area contributed by atoms with Crippen LogP contribution in [0.4, 0.5) is 0 Å². The summed E-state index contributed by atoms with van der Waals surface area (Å²) >= 11 is 0. The first kappa shape index (κ1) is 14.7. The Kier molecular flexibility index (Phi) is 9.96. The van der Waals surface area contributed by atoms with Gasteiger partial charge in [0.05, 0.1) is 0 Å². The molecule has 0 fully saturated rings. The van der Waals surface area contributed by atoms with E-state index in [9.17, 15) is 0 Å². The Morgan fingerprint density at radius 3 is 2.60 bits per heavy atom. The summed E-state index contributed by atoms with van der Waals surface area (Å²) in [6.45, 7) is 9.76. The van der Waals surface area contributed by atoms with Gasteiger partial charge in [-0.15, -0.1) is 0 Å². The summed E-state index contributed by atoms with van der Waals surface area (Å²) in [5.74, 6) is 1.38. The number of allylic oxidation sites excluding steroid dienone is 1. The first-order valence-corrected chi connectivity index (χ1v) is 6.03. The highest BCUT2D eigenvalue weighted by atomic mass is 16.5. The monoisotopic (exact) mass is 213 g/mol. The Bertz CT molecular complexity index is 155. The van der Waals surface area contributed by atoms with Crippen LogP contribution in [0.1, 0.15) is 33.6 Å². The molecule has 90 valence electrons. The molecular weight excluding hydrogens is 186 g/mol. The lowest BCUT2D eigenvalue weighted by molar-refractivity contribution is 0.186. The first-order chi connectivity index (χ1) is 7.16. The number of ether oxygens (including phenoxy) is 1. The second-order valence-electron chi connectivity index (χ2n) is 4.57. The second kappa shape index (κ2) is 10.2. The lowest BCUT2D eigenvalue weighted by atomic mass is 10.1. The van der Waals surface area contributed by atoms with Crippen molar-refractivity contribution in [2.75, 3.05) is 26.8 Å². The van der Waals surface area contributed by atoms with Gasteiger partial charge < -0.3 is 10.1 Å². The van der Waals surface area contributed by atoms with Crippen molar-refractivity contribution in [2.45, 2.75) is 33.6 Å². The maximum Gasteiger partial charge on any atom is 0.0467 e. The van der Waals surface area contributed by atoms with Crippen molar-refractivity contribution in [3.63, 3.8) is 0 Å². The summed E-state index contributed by atoms with van der Waals surface area (Å²) in [5, 5.41) is 3.43. The van der Waals surface area contributed by atoms with Gasteiger partial charge in [-0.3, -0.25) is 0 Å². The average Bonchev–Trinajstić information content (AvgIpc) is 2.19. The molecule has 0 rings (SSSR count). The van der Waals surface area contributed by atoms with Crippen molar-refractivity contribution >= 4 is 0 Å². The molecule has 1 N–H and O–H groups in total. The molecule has 0 aromatic rings. The van der Waals surface area contributed by atoms with Gasteiger partial charge in [0, 0.05) is 13.7 Å². The number of rotatable bonds is 9. The number of hydrogen-bond acceptors (Lipinski definition) is 2. The minimum Gasteiger partial charge on any atom is -0.385 e. The smallest absolute Gasteiger partial charge is 0.0467 e. The maximum atomic E-state index is 5.04. The zero-order valence-electron chi connectivity index (χ0n) is 10.8. The molecule has 0 aromatic heterocycles. The van der Waals surface area contributed by atoms with E-state index in [-0.39, 0.29) is 0 Å². The Morgan fingerprint density at radius 2 is 2.00 bits per heavy atom. The van der Waals surface area contributed by atoms with E-state index in [0.29, 0.717) is 5.92 Å². The summed E-state index contributed by atoms with van der Waals surface area (Å²) in [6, 6.07) is 0. The van der Waals surface area contributed by atoms with Gasteiger partial charge in [-0.25, -0.2) is 0 Å². The van der Waals surface area contributed by atoms with E-state index in [1.54, 1.807) is 7.11 Å². The van der Waals surface area contributed by atoms with Gasteiger partial charge in [0.15, 0.2) is 0 Å². The van der Waals surface area contributed by atoms with Crippen LogP contribution in [0, 0.1) is 11.8 Å². The molecule has 0 aliphatic carbocycles. The Hall–Kier alpha value is -0.340. The van der Waals surface area contributed by atoms with Crippen LogP contribution in [0.15, 0.2) is 12.2 Å². The molecule has 0 heterocycles. The van der Waals surface area contributed by atoms with E-state index in [1.807, 2.05) is 0 Å². The molecule has 0 amide bonds. The molecule has 1 unspecified atom stereocenters. The fourth-order valence-electron chi connectivity index (χ4n) is 1.30. The van der Waals surface area contributed by atoms with Crippen LogP contribution in [-0.2, 0) is 4.74 Å². The normalized spacial score (nSPS) is 13.9. The zero-order chi connectivity index (χ0) is 11.5. The van der Waals surface area contributed by atoms with E-state index in [4.69, 9.17) is 4.74 Å². The van der Waals surface area contributed by atoms with Gasteiger partial charge in [-0.2, -0.15) is 0 Å². The molecule has 0 bridgehead atoms. The minimum atomic E-state index is 0.634. The van der Waals surface area contributed by atoms with Crippen molar-refractivity contribution in [1.82, 2.24) is 5.32 Å². The fraction of sp³-hybridized carbons (Fsp3) is 0.846. The van der Waals surface area contributed by atoms with Crippen LogP contribution >= 0.6 is 0 Å². The SMILES string of the molecule is COCCC(C)/C=C/CCNCC(C)C. The van der Waals surface area contributed by atoms with Gasteiger partial charge in [0.1, 0.15) is 0 Å². The van der Waals surface area contributed by atoms with Gasteiger partial charge >= 0.3 is 0 Å².